The van der Waals surface area contributed by atoms with Crippen molar-refractivity contribution in [3.05, 3.63) is 35.7 Å². The van der Waals surface area contributed by atoms with Gasteiger partial charge in [0.2, 0.25) is 0 Å². The Hall–Kier alpha value is -1.35. The molecule has 0 saturated carbocycles. The van der Waals surface area contributed by atoms with Gasteiger partial charge in [-0.05, 0) is 45.1 Å². The van der Waals surface area contributed by atoms with E-state index in [1.807, 2.05) is 26.1 Å². The van der Waals surface area contributed by atoms with E-state index in [1.165, 1.54) is 12.1 Å². The smallest absolute Gasteiger partial charge is 0.126 e. The van der Waals surface area contributed by atoms with E-state index in [2.05, 4.69) is 5.32 Å². The Labute approximate surface area is 96.1 Å². The normalized spacial score (nSPS) is 10.9. The molecule has 0 spiro atoms. The van der Waals surface area contributed by atoms with Crippen molar-refractivity contribution in [2.45, 2.75) is 13.3 Å². The summed E-state index contributed by atoms with van der Waals surface area (Å²) in [4.78, 5) is 0. The summed E-state index contributed by atoms with van der Waals surface area (Å²) in [7, 11) is 1.90. The maximum absolute atomic E-state index is 13.1. The van der Waals surface area contributed by atoms with E-state index in [-0.39, 0.29) is 5.82 Å². The lowest BCUT2D eigenvalue weighted by Crippen LogP contribution is -2.05. The second kappa shape index (κ2) is 7.01. The van der Waals surface area contributed by atoms with Crippen LogP contribution in [0.3, 0.4) is 0 Å². The highest BCUT2D eigenvalue weighted by Crippen LogP contribution is 2.21. The lowest BCUT2D eigenvalue weighted by Gasteiger charge is -2.06. The molecule has 0 aliphatic heterocycles. The van der Waals surface area contributed by atoms with Crippen LogP contribution in [0.1, 0.15) is 18.9 Å². The van der Waals surface area contributed by atoms with Crippen LogP contribution in [-0.2, 0) is 0 Å². The van der Waals surface area contributed by atoms with Crippen molar-refractivity contribution >= 4 is 6.08 Å². The van der Waals surface area contributed by atoms with Crippen LogP contribution in [0.2, 0.25) is 0 Å². The maximum atomic E-state index is 13.1. The van der Waals surface area contributed by atoms with Crippen LogP contribution in [0.5, 0.6) is 5.75 Å². The third-order valence-corrected chi connectivity index (χ3v) is 2.13. The molecule has 0 radical (unpaired) electrons. The highest BCUT2D eigenvalue weighted by Gasteiger charge is 2.01. The molecule has 0 aliphatic rings. The van der Waals surface area contributed by atoms with Crippen molar-refractivity contribution in [1.29, 1.82) is 0 Å². The summed E-state index contributed by atoms with van der Waals surface area (Å²) < 4.78 is 18.5. The molecule has 0 unspecified atom stereocenters. The number of halogens is 1. The zero-order chi connectivity index (χ0) is 11.8. The Morgan fingerprint density at radius 3 is 2.94 bits per heavy atom. The average molecular weight is 223 g/mol. The highest BCUT2D eigenvalue weighted by atomic mass is 19.1. The largest absolute Gasteiger partial charge is 0.493 e. The minimum Gasteiger partial charge on any atom is -0.493 e. The Kier molecular flexibility index (Phi) is 5.57. The van der Waals surface area contributed by atoms with E-state index in [9.17, 15) is 4.39 Å². The SMILES string of the molecule is CCOc1ccc(F)cc1C=CCCNC. The molecule has 2 nitrogen and oxygen atoms in total. The Morgan fingerprint density at radius 1 is 1.44 bits per heavy atom. The molecule has 0 aliphatic carbocycles. The summed E-state index contributed by atoms with van der Waals surface area (Å²) in [5.41, 5.74) is 0.790. The minimum absolute atomic E-state index is 0.239. The van der Waals surface area contributed by atoms with Crippen LogP contribution in [0.15, 0.2) is 24.3 Å². The van der Waals surface area contributed by atoms with Crippen molar-refractivity contribution in [2.24, 2.45) is 0 Å². The second-order valence-corrected chi connectivity index (χ2v) is 3.41. The van der Waals surface area contributed by atoms with Crippen molar-refractivity contribution in [3.8, 4) is 5.75 Å². The zero-order valence-corrected chi connectivity index (χ0v) is 9.79. The zero-order valence-electron chi connectivity index (χ0n) is 9.79. The van der Waals surface area contributed by atoms with Crippen LogP contribution in [-0.4, -0.2) is 20.2 Å². The van der Waals surface area contributed by atoms with Gasteiger partial charge in [0, 0.05) is 5.56 Å². The van der Waals surface area contributed by atoms with Gasteiger partial charge in [0.1, 0.15) is 11.6 Å². The fourth-order valence-corrected chi connectivity index (χ4v) is 1.37. The summed E-state index contributed by atoms with van der Waals surface area (Å²) in [6, 6.07) is 4.56. The van der Waals surface area contributed by atoms with Gasteiger partial charge in [-0.3, -0.25) is 0 Å². The van der Waals surface area contributed by atoms with Crippen LogP contribution in [0, 0.1) is 5.82 Å². The third kappa shape index (κ3) is 4.03. The highest BCUT2D eigenvalue weighted by molar-refractivity contribution is 5.57. The number of nitrogens with one attached hydrogen (secondary N) is 1. The van der Waals surface area contributed by atoms with Crippen molar-refractivity contribution in [1.82, 2.24) is 5.32 Å². The van der Waals surface area contributed by atoms with Gasteiger partial charge >= 0.3 is 0 Å². The first kappa shape index (κ1) is 12.7. The van der Waals surface area contributed by atoms with Gasteiger partial charge in [-0.25, -0.2) is 4.39 Å². The first-order valence-electron chi connectivity index (χ1n) is 5.51. The standard InChI is InChI=1S/C13H18FNO/c1-3-16-13-8-7-12(14)10-11(13)6-4-5-9-15-2/h4,6-8,10,15H,3,5,9H2,1-2H3. The number of ether oxygens (including phenoxy) is 1. The van der Waals surface area contributed by atoms with Crippen molar-refractivity contribution in [3.63, 3.8) is 0 Å². The van der Waals surface area contributed by atoms with E-state index >= 15 is 0 Å². The molecule has 3 heteroatoms. The minimum atomic E-state index is -0.239. The van der Waals surface area contributed by atoms with Gasteiger partial charge in [0.05, 0.1) is 6.61 Å². The van der Waals surface area contributed by atoms with Crippen LogP contribution in [0.4, 0.5) is 4.39 Å². The van der Waals surface area contributed by atoms with Gasteiger partial charge in [-0.1, -0.05) is 12.2 Å². The number of hydrogen-bond donors (Lipinski definition) is 1. The number of benzene rings is 1. The number of rotatable bonds is 6. The van der Waals surface area contributed by atoms with Crippen LogP contribution in [0.25, 0.3) is 6.08 Å². The summed E-state index contributed by atoms with van der Waals surface area (Å²) in [5.74, 6) is 0.487. The van der Waals surface area contributed by atoms with E-state index in [0.717, 1.165) is 24.3 Å². The summed E-state index contributed by atoms with van der Waals surface area (Å²) in [6.07, 6.45) is 4.82. The Bertz CT molecular complexity index is 350. The summed E-state index contributed by atoms with van der Waals surface area (Å²) >= 11 is 0. The van der Waals surface area contributed by atoms with E-state index < -0.39 is 0 Å². The molecule has 1 N–H and O–H groups in total. The lowest BCUT2D eigenvalue weighted by atomic mass is 10.1. The molecule has 0 saturated heterocycles. The van der Waals surface area contributed by atoms with Crippen molar-refractivity contribution < 1.29 is 9.13 Å². The first-order valence-corrected chi connectivity index (χ1v) is 5.51. The fourth-order valence-electron chi connectivity index (χ4n) is 1.37. The monoisotopic (exact) mass is 223 g/mol. The predicted molar refractivity (Wildman–Crippen MR) is 65.1 cm³/mol. The van der Waals surface area contributed by atoms with Crippen LogP contribution >= 0.6 is 0 Å². The maximum Gasteiger partial charge on any atom is 0.126 e. The van der Waals surface area contributed by atoms with Gasteiger partial charge in [-0.2, -0.15) is 0 Å². The van der Waals surface area contributed by atoms with E-state index in [0.29, 0.717) is 6.61 Å². The molecular formula is C13H18FNO. The van der Waals surface area contributed by atoms with Gasteiger partial charge in [-0.15, -0.1) is 0 Å². The Morgan fingerprint density at radius 2 is 2.25 bits per heavy atom. The molecular weight excluding hydrogens is 205 g/mol. The van der Waals surface area contributed by atoms with E-state index in [4.69, 9.17) is 4.74 Å². The second-order valence-electron chi connectivity index (χ2n) is 3.41. The molecule has 88 valence electrons. The molecule has 0 fully saturated rings. The molecule has 0 atom stereocenters. The Balaban J connectivity index is 2.75. The molecule has 0 aromatic heterocycles. The van der Waals surface area contributed by atoms with Gasteiger partial charge < -0.3 is 10.1 Å². The summed E-state index contributed by atoms with van der Waals surface area (Å²) in [5, 5.41) is 3.05. The molecule has 1 aromatic rings. The summed E-state index contributed by atoms with van der Waals surface area (Å²) in [6.45, 7) is 3.41. The van der Waals surface area contributed by atoms with Crippen LogP contribution < -0.4 is 10.1 Å². The fraction of sp³-hybridized carbons (Fsp3) is 0.385. The molecule has 16 heavy (non-hydrogen) atoms. The molecule has 1 aromatic carbocycles. The van der Waals surface area contributed by atoms with Crippen molar-refractivity contribution in [2.75, 3.05) is 20.2 Å². The molecule has 0 bridgehead atoms. The lowest BCUT2D eigenvalue weighted by molar-refractivity contribution is 0.339. The van der Waals surface area contributed by atoms with Gasteiger partial charge in [0.25, 0.3) is 0 Å². The predicted octanol–water partition coefficient (Wildman–Crippen LogP) is 2.85. The first-order chi connectivity index (χ1) is 7.77. The topological polar surface area (TPSA) is 21.3 Å². The average Bonchev–Trinajstić information content (AvgIpc) is 2.28. The molecule has 0 heterocycles. The van der Waals surface area contributed by atoms with Gasteiger partial charge in [0.15, 0.2) is 0 Å². The third-order valence-electron chi connectivity index (χ3n) is 2.13. The van der Waals surface area contributed by atoms with E-state index in [1.54, 1.807) is 6.07 Å². The molecule has 1 rings (SSSR count). The quantitative estimate of drug-likeness (QED) is 0.749. The number of hydrogen-bond acceptors (Lipinski definition) is 2. The molecule has 0 amide bonds.